The molecule has 0 N–H and O–H groups in total. The van der Waals surface area contributed by atoms with E-state index in [4.69, 9.17) is 0 Å². The Kier molecular flexibility index (Phi) is 5.53. The summed E-state index contributed by atoms with van der Waals surface area (Å²) in [6.07, 6.45) is 9.93. The number of fused-ring (bicyclic) bond motifs is 1. The summed E-state index contributed by atoms with van der Waals surface area (Å²) in [6, 6.07) is 27.9. The smallest absolute Gasteiger partial charge is 0.0464 e. The van der Waals surface area contributed by atoms with E-state index in [-0.39, 0.29) is 0 Å². The molecule has 2 nitrogen and oxygen atoms in total. The molecule has 0 radical (unpaired) electrons. The summed E-state index contributed by atoms with van der Waals surface area (Å²) in [5.41, 5.74) is 5.81. The van der Waals surface area contributed by atoms with Crippen molar-refractivity contribution in [1.82, 2.24) is 4.98 Å². The monoisotopic (exact) mass is 376 g/mol. The third-order valence-corrected chi connectivity index (χ3v) is 5.01. The van der Waals surface area contributed by atoms with Gasteiger partial charge in [0, 0.05) is 29.5 Å². The Bertz CT molecular complexity index is 1160. The van der Waals surface area contributed by atoms with Crippen LogP contribution < -0.4 is 4.90 Å². The maximum Gasteiger partial charge on any atom is 0.0464 e. The first kappa shape index (κ1) is 18.7. The fourth-order valence-corrected chi connectivity index (χ4v) is 3.53. The Balaban J connectivity index is 1.78. The highest BCUT2D eigenvalue weighted by Crippen LogP contribution is 2.33. The van der Waals surface area contributed by atoms with Crippen molar-refractivity contribution in [2.24, 2.45) is 0 Å². The summed E-state index contributed by atoms with van der Waals surface area (Å²) >= 11 is 0. The molecule has 1 aromatic heterocycles. The topological polar surface area (TPSA) is 16.1 Å². The van der Waals surface area contributed by atoms with E-state index in [1.54, 1.807) is 0 Å². The van der Waals surface area contributed by atoms with Gasteiger partial charge in [0.1, 0.15) is 0 Å². The molecule has 142 valence electrons. The van der Waals surface area contributed by atoms with Crippen LogP contribution in [0.25, 0.3) is 21.9 Å². The summed E-state index contributed by atoms with van der Waals surface area (Å²) in [5, 5.41) is 2.49. The minimum Gasteiger partial charge on any atom is -0.314 e. The second-order valence-electron chi connectivity index (χ2n) is 6.98. The third kappa shape index (κ3) is 4.12. The molecule has 4 rings (SSSR count). The molecule has 0 amide bonds. The molecule has 0 bridgehead atoms. The number of pyridine rings is 1. The summed E-state index contributed by atoms with van der Waals surface area (Å²) in [4.78, 5) is 6.41. The van der Waals surface area contributed by atoms with Crippen LogP contribution in [0, 0.1) is 0 Å². The number of anilines is 2. The van der Waals surface area contributed by atoms with Gasteiger partial charge < -0.3 is 4.90 Å². The average molecular weight is 377 g/mol. The highest BCUT2D eigenvalue weighted by atomic mass is 15.1. The summed E-state index contributed by atoms with van der Waals surface area (Å²) in [7, 11) is 0. The first-order chi connectivity index (χ1) is 14.3. The number of aromatic nitrogens is 1. The van der Waals surface area contributed by atoms with E-state index in [0.29, 0.717) is 0 Å². The molecule has 0 unspecified atom stereocenters. The van der Waals surface area contributed by atoms with Crippen molar-refractivity contribution in [3.8, 4) is 11.1 Å². The highest BCUT2D eigenvalue weighted by Gasteiger charge is 2.12. The van der Waals surface area contributed by atoms with Crippen LogP contribution in [0.3, 0.4) is 0 Å². The van der Waals surface area contributed by atoms with Crippen LogP contribution in [0.5, 0.6) is 0 Å². The third-order valence-electron chi connectivity index (χ3n) is 5.01. The van der Waals surface area contributed by atoms with Crippen molar-refractivity contribution in [3.63, 3.8) is 0 Å². The summed E-state index contributed by atoms with van der Waals surface area (Å²) in [5.74, 6) is 0. The van der Waals surface area contributed by atoms with E-state index in [1.165, 1.54) is 21.9 Å². The molecule has 0 atom stereocenters. The lowest BCUT2D eigenvalue weighted by Gasteiger charge is -2.26. The van der Waals surface area contributed by atoms with Crippen molar-refractivity contribution in [2.75, 3.05) is 4.90 Å². The Morgan fingerprint density at radius 1 is 0.759 bits per heavy atom. The van der Waals surface area contributed by atoms with Gasteiger partial charge in [-0.1, -0.05) is 54.6 Å². The standard InChI is InChI=1S/C27H24N2/c1-3-4-7-21(2)29(27-15-12-22-8-5-6-9-25(22)20-27)26-13-10-23(11-14-26)24-16-18-28-19-17-24/h3-20H,1-2H3/b4-3-,21-7+. The van der Waals surface area contributed by atoms with Gasteiger partial charge >= 0.3 is 0 Å². The van der Waals surface area contributed by atoms with Gasteiger partial charge in [0.05, 0.1) is 0 Å². The van der Waals surface area contributed by atoms with Gasteiger partial charge in [0.2, 0.25) is 0 Å². The van der Waals surface area contributed by atoms with Crippen LogP contribution in [0.2, 0.25) is 0 Å². The van der Waals surface area contributed by atoms with Crippen molar-refractivity contribution < 1.29 is 0 Å². The molecule has 0 spiro atoms. The lowest BCUT2D eigenvalue weighted by atomic mass is 10.1. The lowest BCUT2D eigenvalue weighted by molar-refractivity contribution is 1.16. The molecule has 1 heterocycles. The zero-order valence-corrected chi connectivity index (χ0v) is 16.8. The van der Waals surface area contributed by atoms with Gasteiger partial charge in [-0.25, -0.2) is 0 Å². The minimum atomic E-state index is 1.14. The lowest BCUT2D eigenvalue weighted by Crippen LogP contribution is -2.14. The van der Waals surface area contributed by atoms with Gasteiger partial charge in [0.25, 0.3) is 0 Å². The Hall–Kier alpha value is -3.65. The number of allylic oxidation sites excluding steroid dienone is 4. The first-order valence-corrected chi connectivity index (χ1v) is 9.85. The van der Waals surface area contributed by atoms with E-state index >= 15 is 0 Å². The number of hydrogen-bond donors (Lipinski definition) is 0. The molecule has 3 aromatic carbocycles. The number of hydrogen-bond acceptors (Lipinski definition) is 2. The van der Waals surface area contributed by atoms with E-state index in [1.807, 2.05) is 31.5 Å². The normalized spacial score (nSPS) is 11.9. The average Bonchev–Trinajstić information content (AvgIpc) is 2.79. The zero-order valence-electron chi connectivity index (χ0n) is 16.8. The molecule has 0 aliphatic rings. The summed E-state index contributed by atoms with van der Waals surface area (Å²) < 4.78 is 0. The first-order valence-electron chi connectivity index (χ1n) is 9.85. The highest BCUT2D eigenvalue weighted by molar-refractivity contribution is 5.87. The predicted molar refractivity (Wildman–Crippen MR) is 124 cm³/mol. The van der Waals surface area contributed by atoms with Crippen molar-refractivity contribution >= 4 is 22.1 Å². The fraction of sp³-hybridized carbons (Fsp3) is 0.0741. The molecule has 0 aliphatic carbocycles. The molecule has 0 aliphatic heterocycles. The van der Waals surface area contributed by atoms with Crippen molar-refractivity contribution in [1.29, 1.82) is 0 Å². The van der Waals surface area contributed by atoms with Crippen LogP contribution in [0.15, 0.2) is 115 Å². The van der Waals surface area contributed by atoms with Crippen molar-refractivity contribution in [2.45, 2.75) is 13.8 Å². The molecule has 29 heavy (non-hydrogen) atoms. The Morgan fingerprint density at radius 3 is 2.14 bits per heavy atom. The van der Waals surface area contributed by atoms with E-state index in [2.05, 4.69) is 102 Å². The number of nitrogens with zero attached hydrogens (tertiary/aromatic N) is 2. The zero-order chi connectivity index (χ0) is 20.1. The molecular formula is C27H24N2. The quantitative estimate of drug-likeness (QED) is 0.335. The van der Waals surface area contributed by atoms with Crippen LogP contribution in [-0.4, -0.2) is 4.98 Å². The molecular weight excluding hydrogens is 352 g/mol. The Morgan fingerprint density at radius 2 is 1.41 bits per heavy atom. The SMILES string of the molecule is C/C=C\C=C(/C)N(c1ccc(-c2ccncc2)cc1)c1ccc2ccccc2c1. The van der Waals surface area contributed by atoms with Crippen molar-refractivity contribution in [3.05, 3.63) is 115 Å². The van der Waals surface area contributed by atoms with E-state index in [9.17, 15) is 0 Å². The summed E-state index contributed by atoms with van der Waals surface area (Å²) in [6.45, 7) is 4.18. The molecule has 2 heteroatoms. The van der Waals surface area contributed by atoms with Crippen LogP contribution in [0.4, 0.5) is 11.4 Å². The largest absolute Gasteiger partial charge is 0.314 e. The maximum absolute atomic E-state index is 4.11. The van der Waals surface area contributed by atoms with E-state index in [0.717, 1.165) is 17.1 Å². The fourth-order valence-electron chi connectivity index (χ4n) is 3.53. The van der Waals surface area contributed by atoms with Gasteiger partial charge in [-0.3, -0.25) is 4.98 Å². The van der Waals surface area contributed by atoms with Gasteiger partial charge in [0.15, 0.2) is 0 Å². The number of rotatable bonds is 5. The Labute approximate surface area is 172 Å². The van der Waals surface area contributed by atoms with Crippen LogP contribution in [-0.2, 0) is 0 Å². The minimum absolute atomic E-state index is 1.14. The van der Waals surface area contributed by atoms with Gasteiger partial charge in [-0.05, 0) is 78.2 Å². The van der Waals surface area contributed by atoms with Gasteiger partial charge in [-0.2, -0.15) is 0 Å². The second-order valence-corrected chi connectivity index (χ2v) is 6.98. The van der Waals surface area contributed by atoms with Gasteiger partial charge in [-0.15, -0.1) is 0 Å². The van der Waals surface area contributed by atoms with E-state index < -0.39 is 0 Å². The predicted octanol–water partition coefficient (Wildman–Crippen LogP) is 7.52. The molecule has 0 fully saturated rings. The molecule has 0 saturated heterocycles. The van der Waals surface area contributed by atoms with Crippen LogP contribution in [0.1, 0.15) is 13.8 Å². The second kappa shape index (κ2) is 8.57. The van der Waals surface area contributed by atoms with Crippen LogP contribution >= 0.6 is 0 Å². The molecule has 4 aromatic rings. The number of benzene rings is 3. The molecule has 0 saturated carbocycles. The maximum atomic E-state index is 4.11.